The Balaban J connectivity index is 1.11. The van der Waals surface area contributed by atoms with E-state index in [0.29, 0.717) is 0 Å². The summed E-state index contributed by atoms with van der Waals surface area (Å²) in [6, 6.07) is 89.2. The van der Waals surface area contributed by atoms with Crippen LogP contribution in [0.2, 0.25) is 0 Å². The molecule has 12 rings (SSSR count). The van der Waals surface area contributed by atoms with E-state index in [1.807, 2.05) is 0 Å². The van der Waals surface area contributed by atoms with Crippen molar-refractivity contribution in [3.63, 3.8) is 0 Å². The van der Waals surface area contributed by atoms with Crippen LogP contribution in [0.4, 0.5) is 17.1 Å². The molecule has 0 bridgehead atoms. The maximum Gasteiger partial charge on any atom is 0.0714 e. The normalized spacial score (nSPS) is 12.7. The summed E-state index contributed by atoms with van der Waals surface area (Å²) in [5, 5.41) is 4.88. The van der Waals surface area contributed by atoms with E-state index < -0.39 is 5.41 Å². The maximum atomic E-state index is 2.46. The molecule has 0 amide bonds. The minimum atomic E-state index is -0.512. The van der Waals surface area contributed by atoms with Crippen LogP contribution in [0.1, 0.15) is 22.3 Å². The summed E-state index contributed by atoms with van der Waals surface area (Å²) in [6.07, 6.45) is 0. The van der Waals surface area contributed by atoms with E-state index in [9.17, 15) is 0 Å². The highest BCUT2D eigenvalue weighted by molar-refractivity contribution is 6.10. The number of hydrogen-bond donors (Lipinski definition) is 0. The zero-order valence-electron chi connectivity index (χ0n) is 33.5. The Labute approximate surface area is 355 Å². The number of aromatic nitrogens is 1. The van der Waals surface area contributed by atoms with Crippen molar-refractivity contribution < 1.29 is 0 Å². The highest BCUT2D eigenvalue weighted by atomic mass is 15.1. The summed E-state index contributed by atoms with van der Waals surface area (Å²) in [5.74, 6) is 0. The molecular weight excluding hydrogens is 737 g/mol. The molecule has 2 nitrogen and oxygen atoms in total. The number of hydrogen-bond acceptors (Lipinski definition) is 1. The molecule has 61 heavy (non-hydrogen) atoms. The molecule has 0 unspecified atom stereocenters. The van der Waals surface area contributed by atoms with E-state index in [-0.39, 0.29) is 0 Å². The molecule has 0 atom stereocenters. The van der Waals surface area contributed by atoms with Gasteiger partial charge in [0.15, 0.2) is 0 Å². The molecule has 0 aliphatic heterocycles. The van der Waals surface area contributed by atoms with Crippen LogP contribution in [-0.4, -0.2) is 4.57 Å². The smallest absolute Gasteiger partial charge is 0.0714 e. The minimum Gasteiger partial charge on any atom is -0.310 e. The van der Waals surface area contributed by atoms with Gasteiger partial charge >= 0.3 is 0 Å². The Bertz CT molecular complexity index is 3360. The molecule has 2 heteroatoms. The number of fused-ring (bicyclic) bond motifs is 7. The topological polar surface area (TPSA) is 8.17 Å². The first-order valence-electron chi connectivity index (χ1n) is 21.1. The van der Waals surface area contributed by atoms with Gasteiger partial charge in [0.2, 0.25) is 0 Å². The molecule has 0 spiro atoms. The first-order chi connectivity index (χ1) is 30.3. The van der Waals surface area contributed by atoms with Gasteiger partial charge in [0.05, 0.1) is 16.4 Å². The van der Waals surface area contributed by atoms with Gasteiger partial charge in [-0.05, 0) is 110 Å². The summed E-state index contributed by atoms with van der Waals surface area (Å²) in [6.45, 7) is 0. The third kappa shape index (κ3) is 5.50. The summed E-state index contributed by atoms with van der Waals surface area (Å²) in [7, 11) is 0. The highest BCUT2D eigenvalue weighted by Gasteiger charge is 2.46. The Morgan fingerprint density at radius 3 is 1.64 bits per heavy atom. The van der Waals surface area contributed by atoms with Crippen molar-refractivity contribution in [1.29, 1.82) is 0 Å². The fraction of sp³-hybridized carbons (Fsp3) is 0.0169. The largest absolute Gasteiger partial charge is 0.310 e. The van der Waals surface area contributed by atoms with Gasteiger partial charge in [-0.2, -0.15) is 0 Å². The predicted molar refractivity (Wildman–Crippen MR) is 256 cm³/mol. The zero-order chi connectivity index (χ0) is 40.3. The second-order valence-corrected chi connectivity index (χ2v) is 16.1. The highest BCUT2D eigenvalue weighted by Crippen LogP contribution is 2.57. The lowest BCUT2D eigenvalue weighted by molar-refractivity contribution is 0.768. The monoisotopic (exact) mass is 776 g/mol. The van der Waals surface area contributed by atoms with Gasteiger partial charge in [0, 0.05) is 33.5 Å². The molecule has 0 N–H and O–H groups in total. The average molecular weight is 777 g/mol. The predicted octanol–water partition coefficient (Wildman–Crippen LogP) is 15.4. The van der Waals surface area contributed by atoms with Crippen molar-refractivity contribution in [3.05, 3.63) is 265 Å². The van der Waals surface area contributed by atoms with Gasteiger partial charge in [0.25, 0.3) is 0 Å². The van der Waals surface area contributed by atoms with Crippen LogP contribution in [0.5, 0.6) is 0 Å². The van der Waals surface area contributed by atoms with Crippen molar-refractivity contribution in [2.45, 2.75) is 5.41 Å². The van der Waals surface area contributed by atoms with Crippen LogP contribution >= 0.6 is 0 Å². The molecule has 0 fully saturated rings. The molecule has 1 heterocycles. The van der Waals surface area contributed by atoms with E-state index in [1.54, 1.807) is 0 Å². The van der Waals surface area contributed by atoms with Gasteiger partial charge < -0.3 is 9.47 Å². The second-order valence-electron chi connectivity index (χ2n) is 16.1. The van der Waals surface area contributed by atoms with Gasteiger partial charge in [-0.3, -0.25) is 0 Å². The van der Waals surface area contributed by atoms with Crippen molar-refractivity contribution in [2.24, 2.45) is 0 Å². The number of para-hydroxylation sites is 1. The number of rotatable bonds is 7. The maximum absolute atomic E-state index is 2.46. The lowest BCUT2D eigenvalue weighted by atomic mass is 9.67. The summed E-state index contributed by atoms with van der Waals surface area (Å²) in [5.41, 5.74) is 16.3. The molecule has 10 aromatic carbocycles. The molecular formula is C59H40N2. The fourth-order valence-electron chi connectivity index (χ4n) is 10.1. The van der Waals surface area contributed by atoms with Crippen LogP contribution in [-0.2, 0) is 5.41 Å². The first-order valence-corrected chi connectivity index (χ1v) is 21.1. The molecule has 0 saturated carbocycles. The van der Waals surface area contributed by atoms with Gasteiger partial charge in [-0.1, -0.05) is 188 Å². The molecule has 1 aliphatic rings. The van der Waals surface area contributed by atoms with Gasteiger partial charge in [0.1, 0.15) is 0 Å². The van der Waals surface area contributed by atoms with Crippen molar-refractivity contribution in [2.75, 3.05) is 4.90 Å². The molecule has 11 aromatic rings. The number of benzene rings is 10. The van der Waals surface area contributed by atoms with E-state index in [4.69, 9.17) is 0 Å². The van der Waals surface area contributed by atoms with Crippen LogP contribution < -0.4 is 4.90 Å². The van der Waals surface area contributed by atoms with Crippen LogP contribution in [0.3, 0.4) is 0 Å². The standard InChI is InChI=1S/C59H40N2/c1-4-16-41(17-5-1)43-28-31-47(32-29-43)61-57-27-15-13-25-53(57)54-37-35-50(40-58(54)61)60(48-33-30-42-18-10-11-19-44(42)38-48)49-34-36-52-51-24-12-14-26-55(51)59(56(52)39-49,45-20-6-2-7-21-45)46-22-8-3-9-23-46/h1-40H. The lowest BCUT2D eigenvalue weighted by Crippen LogP contribution is -2.28. The molecule has 286 valence electrons. The molecule has 0 radical (unpaired) electrons. The molecule has 0 saturated heterocycles. The first kappa shape index (κ1) is 35.0. The van der Waals surface area contributed by atoms with Crippen LogP contribution in [0.15, 0.2) is 243 Å². The van der Waals surface area contributed by atoms with Crippen molar-refractivity contribution >= 4 is 49.6 Å². The zero-order valence-corrected chi connectivity index (χ0v) is 33.5. The van der Waals surface area contributed by atoms with E-state index in [0.717, 1.165) is 28.3 Å². The van der Waals surface area contributed by atoms with Crippen LogP contribution in [0, 0.1) is 0 Å². The number of nitrogens with zero attached hydrogens (tertiary/aromatic N) is 2. The van der Waals surface area contributed by atoms with Gasteiger partial charge in [-0.15, -0.1) is 0 Å². The lowest BCUT2D eigenvalue weighted by Gasteiger charge is -2.35. The Morgan fingerprint density at radius 1 is 0.328 bits per heavy atom. The van der Waals surface area contributed by atoms with E-state index >= 15 is 0 Å². The third-order valence-corrected chi connectivity index (χ3v) is 12.8. The average Bonchev–Trinajstić information content (AvgIpc) is 3.82. The Hall–Kier alpha value is -7.94. The minimum absolute atomic E-state index is 0.512. The summed E-state index contributed by atoms with van der Waals surface area (Å²) < 4.78 is 2.43. The summed E-state index contributed by atoms with van der Waals surface area (Å²) in [4.78, 5) is 2.45. The molecule has 1 aromatic heterocycles. The quantitative estimate of drug-likeness (QED) is 0.156. The Kier molecular flexibility index (Phi) is 8.11. The third-order valence-electron chi connectivity index (χ3n) is 12.8. The molecule has 1 aliphatic carbocycles. The van der Waals surface area contributed by atoms with Crippen molar-refractivity contribution in [1.82, 2.24) is 4.57 Å². The summed E-state index contributed by atoms with van der Waals surface area (Å²) >= 11 is 0. The second kappa shape index (κ2) is 14.1. The van der Waals surface area contributed by atoms with Gasteiger partial charge in [-0.25, -0.2) is 0 Å². The number of anilines is 3. The van der Waals surface area contributed by atoms with Crippen molar-refractivity contribution in [3.8, 4) is 27.9 Å². The van der Waals surface area contributed by atoms with Crippen LogP contribution in [0.25, 0.3) is 60.5 Å². The van der Waals surface area contributed by atoms with E-state index in [2.05, 4.69) is 252 Å². The fourth-order valence-corrected chi connectivity index (χ4v) is 10.1. The Morgan fingerprint density at radius 2 is 0.869 bits per heavy atom. The van der Waals surface area contributed by atoms with E-state index in [1.165, 1.54) is 71.6 Å². The SMILES string of the molecule is c1ccc(-c2ccc(-n3c4ccccc4c4ccc(N(c5ccc6c(c5)C(c5ccccc5)(c5ccccc5)c5ccccc5-6)c5ccc6ccccc6c5)cc43)cc2)cc1.